The topological polar surface area (TPSA) is 74.8 Å². The van der Waals surface area contributed by atoms with Gasteiger partial charge in [-0.3, -0.25) is 0 Å². The van der Waals surface area contributed by atoms with Crippen LogP contribution in [0.1, 0.15) is 11.1 Å². The van der Waals surface area contributed by atoms with Gasteiger partial charge in [-0.25, -0.2) is 16.8 Å². The fourth-order valence-corrected chi connectivity index (χ4v) is 6.95. The van der Waals surface area contributed by atoms with Crippen LogP contribution in [0.15, 0.2) is 46.2 Å². The Bertz CT molecular complexity index is 1020. The minimum atomic E-state index is -3.76. The lowest BCUT2D eigenvalue weighted by molar-refractivity contribution is 0.272. The second-order valence-electron chi connectivity index (χ2n) is 6.63. The van der Waals surface area contributed by atoms with E-state index in [9.17, 15) is 16.8 Å². The molecular weight excluding hydrogens is 443 g/mol. The Morgan fingerprint density at radius 2 is 1.00 bits per heavy atom. The van der Waals surface area contributed by atoms with Gasteiger partial charge in [-0.15, -0.1) is 0 Å². The molecular formula is C18H20Cl2N2O4S2. The third kappa shape index (κ3) is 4.08. The molecule has 152 valence electrons. The van der Waals surface area contributed by atoms with Gasteiger partial charge in [0.25, 0.3) is 0 Å². The minimum Gasteiger partial charge on any atom is -0.207 e. The molecule has 1 saturated heterocycles. The minimum absolute atomic E-state index is 0.0626. The molecule has 3 rings (SSSR count). The van der Waals surface area contributed by atoms with Crippen LogP contribution in [-0.4, -0.2) is 51.6 Å². The Hall–Kier alpha value is -1.16. The molecule has 0 atom stereocenters. The standard InChI is InChI=1S/C18H20Cl2N2O4S2/c1-13-3-5-15(19)11-17(13)27(23,24)21-7-9-22(10-8-21)28(25,26)18-12-16(20)6-4-14(18)2/h3-6,11-12H,7-10H2,1-2H3. The van der Waals surface area contributed by atoms with Gasteiger partial charge in [0.15, 0.2) is 0 Å². The van der Waals surface area contributed by atoms with Gasteiger partial charge in [-0.1, -0.05) is 35.3 Å². The smallest absolute Gasteiger partial charge is 0.207 e. The third-order valence-electron chi connectivity index (χ3n) is 4.73. The maximum atomic E-state index is 13.0. The van der Waals surface area contributed by atoms with Crippen LogP contribution in [0.3, 0.4) is 0 Å². The van der Waals surface area contributed by atoms with Gasteiger partial charge in [0.05, 0.1) is 9.79 Å². The first kappa shape index (κ1) is 21.5. The molecule has 0 spiro atoms. The molecule has 6 nitrogen and oxygen atoms in total. The Labute approximate surface area is 175 Å². The maximum Gasteiger partial charge on any atom is 0.243 e. The van der Waals surface area contributed by atoms with Crippen LogP contribution in [0.2, 0.25) is 10.0 Å². The summed E-state index contributed by atoms with van der Waals surface area (Å²) in [6, 6.07) is 9.41. The lowest BCUT2D eigenvalue weighted by Gasteiger charge is -2.33. The van der Waals surface area contributed by atoms with Crippen LogP contribution in [0, 0.1) is 13.8 Å². The highest BCUT2D eigenvalue weighted by molar-refractivity contribution is 7.89. The highest BCUT2D eigenvalue weighted by atomic mass is 35.5. The molecule has 2 aromatic carbocycles. The van der Waals surface area contributed by atoms with Crippen LogP contribution in [-0.2, 0) is 20.0 Å². The number of hydrogen-bond donors (Lipinski definition) is 0. The molecule has 0 unspecified atom stereocenters. The van der Waals surface area contributed by atoms with Gasteiger partial charge in [-0.2, -0.15) is 8.61 Å². The molecule has 1 aliphatic heterocycles. The van der Waals surface area contributed by atoms with Crippen molar-refractivity contribution in [3.05, 3.63) is 57.6 Å². The SMILES string of the molecule is Cc1ccc(Cl)cc1S(=O)(=O)N1CCN(S(=O)(=O)c2cc(Cl)ccc2C)CC1. The van der Waals surface area contributed by atoms with Crippen molar-refractivity contribution in [2.75, 3.05) is 26.2 Å². The average Bonchev–Trinajstić information content (AvgIpc) is 2.65. The molecule has 2 aromatic rings. The van der Waals surface area contributed by atoms with Crippen LogP contribution >= 0.6 is 23.2 Å². The summed E-state index contributed by atoms with van der Waals surface area (Å²) in [6.45, 7) is 3.65. The lowest BCUT2D eigenvalue weighted by Crippen LogP contribution is -2.50. The molecule has 0 bridgehead atoms. The van der Waals surface area contributed by atoms with E-state index in [1.807, 2.05) is 0 Å². The van der Waals surface area contributed by atoms with Crippen LogP contribution in [0.5, 0.6) is 0 Å². The van der Waals surface area contributed by atoms with E-state index in [4.69, 9.17) is 23.2 Å². The van der Waals surface area contributed by atoms with Crippen LogP contribution < -0.4 is 0 Å². The van der Waals surface area contributed by atoms with Gasteiger partial charge in [-0.05, 0) is 49.2 Å². The highest BCUT2D eigenvalue weighted by Gasteiger charge is 2.35. The third-order valence-corrected chi connectivity index (χ3v) is 9.29. The number of aryl methyl sites for hydroxylation is 2. The Morgan fingerprint density at radius 1 is 0.679 bits per heavy atom. The van der Waals surface area contributed by atoms with Gasteiger partial charge in [0, 0.05) is 36.2 Å². The normalized spacial score (nSPS) is 17.0. The van der Waals surface area contributed by atoms with E-state index < -0.39 is 20.0 Å². The van der Waals surface area contributed by atoms with Crippen molar-refractivity contribution in [1.82, 2.24) is 8.61 Å². The van der Waals surface area contributed by atoms with E-state index >= 15 is 0 Å². The molecule has 0 radical (unpaired) electrons. The van der Waals surface area contributed by atoms with Crippen LogP contribution in [0.4, 0.5) is 0 Å². The van der Waals surface area contributed by atoms with Gasteiger partial charge >= 0.3 is 0 Å². The van der Waals surface area contributed by atoms with Crippen molar-refractivity contribution in [3.8, 4) is 0 Å². The molecule has 28 heavy (non-hydrogen) atoms. The van der Waals surface area contributed by atoms with Crippen molar-refractivity contribution in [3.63, 3.8) is 0 Å². The monoisotopic (exact) mass is 462 g/mol. The Morgan fingerprint density at radius 3 is 1.32 bits per heavy atom. The number of halogens is 2. The quantitative estimate of drug-likeness (QED) is 0.698. The molecule has 1 fully saturated rings. The molecule has 1 heterocycles. The van der Waals surface area contributed by atoms with E-state index in [0.29, 0.717) is 21.2 Å². The van der Waals surface area contributed by atoms with Crippen molar-refractivity contribution in [2.24, 2.45) is 0 Å². The fourth-order valence-electron chi connectivity index (χ4n) is 3.13. The summed E-state index contributed by atoms with van der Waals surface area (Å²) in [5, 5.41) is 0.670. The van der Waals surface area contributed by atoms with E-state index in [-0.39, 0.29) is 36.0 Å². The van der Waals surface area contributed by atoms with Gasteiger partial charge in [0.1, 0.15) is 0 Å². The molecule has 10 heteroatoms. The molecule has 1 aliphatic rings. The number of piperazine rings is 1. The first-order valence-corrected chi connectivity index (χ1v) is 12.2. The van der Waals surface area contributed by atoms with Crippen molar-refractivity contribution in [1.29, 1.82) is 0 Å². The number of hydrogen-bond acceptors (Lipinski definition) is 4. The summed E-state index contributed by atoms with van der Waals surface area (Å²) < 4.78 is 54.5. The molecule has 0 saturated carbocycles. The number of sulfonamides is 2. The number of nitrogens with zero attached hydrogens (tertiary/aromatic N) is 2. The van der Waals surface area contributed by atoms with E-state index in [0.717, 1.165) is 0 Å². The fraction of sp³-hybridized carbons (Fsp3) is 0.333. The Kier molecular flexibility index (Phi) is 6.10. The van der Waals surface area contributed by atoms with Crippen molar-refractivity contribution < 1.29 is 16.8 Å². The van der Waals surface area contributed by atoms with Gasteiger partial charge < -0.3 is 0 Å². The summed E-state index contributed by atoms with van der Waals surface area (Å²) in [6.07, 6.45) is 0. The predicted octanol–water partition coefficient (Wildman–Crippen LogP) is 3.31. The van der Waals surface area contributed by atoms with Gasteiger partial charge in [0.2, 0.25) is 20.0 Å². The highest BCUT2D eigenvalue weighted by Crippen LogP contribution is 2.27. The number of benzene rings is 2. The summed E-state index contributed by atoms with van der Waals surface area (Å²) >= 11 is 11.9. The van der Waals surface area contributed by atoms with E-state index in [1.165, 1.54) is 20.7 Å². The maximum absolute atomic E-state index is 13.0. The molecule has 0 aliphatic carbocycles. The van der Waals surface area contributed by atoms with Crippen LogP contribution in [0.25, 0.3) is 0 Å². The first-order valence-electron chi connectivity index (χ1n) is 8.56. The Balaban J connectivity index is 1.82. The van der Waals surface area contributed by atoms with E-state index in [2.05, 4.69) is 0 Å². The van der Waals surface area contributed by atoms with E-state index in [1.54, 1.807) is 38.1 Å². The second kappa shape index (κ2) is 7.93. The predicted molar refractivity (Wildman–Crippen MR) is 110 cm³/mol. The average molecular weight is 463 g/mol. The summed E-state index contributed by atoms with van der Waals surface area (Å²) in [5.41, 5.74) is 1.18. The summed E-state index contributed by atoms with van der Waals surface area (Å²) in [5.74, 6) is 0. The van der Waals surface area contributed by atoms with Crippen molar-refractivity contribution in [2.45, 2.75) is 23.6 Å². The summed E-state index contributed by atoms with van der Waals surface area (Å²) in [4.78, 5) is 0.281. The zero-order valence-electron chi connectivity index (χ0n) is 15.4. The zero-order valence-corrected chi connectivity index (χ0v) is 18.5. The van der Waals surface area contributed by atoms with Crippen molar-refractivity contribution >= 4 is 43.2 Å². The second-order valence-corrected chi connectivity index (χ2v) is 11.3. The zero-order chi connectivity index (χ0) is 20.7. The lowest BCUT2D eigenvalue weighted by atomic mass is 10.2. The largest absolute Gasteiger partial charge is 0.243 e. The molecule has 0 N–H and O–H groups in total. The molecule has 0 aromatic heterocycles. The summed E-state index contributed by atoms with van der Waals surface area (Å²) in [7, 11) is -7.51. The number of rotatable bonds is 4. The molecule has 0 amide bonds. The first-order chi connectivity index (χ1) is 13.0.